The molecule has 0 saturated heterocycles. The minimum Gasteiger partial charge on any atom is -0.463 e. The molecular weight excluding hydrogens is 358 g/mol. The van der Waals surface area contributed by atoms with Crippen molar-refractivity contribution >= 4 is 11.9 Å². The van der Waals surface area contributed by atoms with Crippen molar-refractivity contribution in [3.05, 3.63) is 90.0 Å². The molecule has 3 aromatic rings. The zero-order valence-electron chi connectivity index (χ0n) is 15.5. The van der Waals surface area contributed by atoms with Crippen molar-refractivity contribution in [2.75, 3.05) is 7.11 Å². The first-order chi connectivity index (χ1) is 13.5. The molecule has 1 heterocycles. The van der Waals surface area contributed by atoms with Crippen molar-refractivity contribution in [2.45, 2.75) is 13.0 Å². The van der Waals surface area contributed by atoms with Crippen molar-refractivity contribution in [1.82, 2.24) is 14.8 Å². The number of nitrogens with zero attached hydrogens (tertiary/aromatic N) is 3. The lowest BCUT2D eigenvalue weighted by molar-refractivity contribution is 0.0392. The number of ether oxygens (including phenoxy) is 2. The van der Waals surface area contributed by atoms with Gasteiger partial charge in [-0.25, -0.2) is 19.3 Å². The number of rotatable bonds is 6. The fraction of sp³-hybridized carbons (Fsp3) is 0.143. The number of hydrogen-bond acceptors (Lipinski definition) is 6. The third kappa shape index (κ3) is 3.83. The van der Waals surface area contributed by atoms with Gasteiger partial charge in [0.15, 0.2) is 0 Å². The van der Waals surface area contributed by atoms with E-state index >= 15 is 0 Å². The Morgan fingerprint density at radius 1 is 1.07 bits per heavy atom. The number of methoxy groups -OCH3 is 1. The number of aryl methyl sites for hydroxylation is 1. The molecule has 0 radical (unpaired) electrons. The van der Waals surface area contributed by atoms with Gasteiger partial charge in [0, 0.05) is 0 Å². The summed E-state index contributed by atoms with van der Waals surface area (Å²) in [6.07, 6.45) is 0.968. The van der Waals surface area contributed by atoms with Gasteiger partial charge >= 0.3 is 11.9 Å². The molecule has 1 atom stereocenters. The van der Waals surface area contributed by atoms with E-state index in [1.165, 1.54) is 11.8 Å². The third-order valence-electron chi connectivity index (χ3n) is 4.07. The van der Waals surface area contributed by atoms with Gasteiger partial charge in [-0.2, -0.15) is 0 Å². The first-order valence-corrected chi connectivity index (χ1v) is 8.55. The molecule has 0 fully saturated rings. The van der Waals surface area contributed by atoms with Crippen LogP contribution < -0.4 is 0 Å². The average molecular weight is 377 g/mol. The van der Waals surface area contributed by atoms with Crippen LogP contribution in [0.4, 0.5) is 0 Å². The topological polar surface area (TPSA) is 83.3 Å². The molecule has 0 aliphatic carbocycles. The highest BCUT2D eigenvalue weighted by Gasteiger charge is 2.22. The number of benzene rings is 2. The molecule has 0 aliphatic rings. The van der Waals surface area contributed by atoms with Gasteiger partial charge < -0.3 is 9.47 Å². The largest absolute Gasteiger partial charge is 0.463 e. The standard InChI is InChI=1S/C21H19N3O4/c1-4-18(15-10-6-5-7-11-15)28-20(25)16-12-8-9-13-17(16)24-14(2)22-19(23-24)21(26)27-3/h4-13,18H,1H2,2-3H3. The average Bonchev–Trinajstić information content (AvgIpc) is 3.13. The van der Waals surface area contributed by atoms with Gasteiger partial charge in [0.2, 0.25) is 0 Å². The second-order valence-corrected chi connectivity index (χ2v) is 5.88. The number of esters is 2. The Bertz CT molecular complexity index is 1010. The molecule has 142 valence electrons. The number of carbonyl (C=O) groups is 2. The molecule has 0 aliphatic heterocycles. The SMILES string of the molecule is C=CC(OC(=O)c1ccccc1-n1nc(C(=O)OC)nc1C)c1ccccc1. The Morgan fingerprint density at radius 2 is 1.75 bits per heavy atom. The van der Waals surface area contributed by atoms with E-state index in [1.807, 2.05) is 30.3 Å². The maximum absolute atomic E-state index is 12.9. The van der Waals surface area contributed by atoms with Crippen LogP contribution in [0.25, 0.3) is 5.69 Å². The Kier molecular flexibility index (Phi) is 5.64. The predicted octanol–water partition coefficient (Wildman–Crippen LogP) is 3.45. The summed E-state index contributed by atoms with van der Waals surface area (Å²) in [5.41, 5.74) is 1.55. The number of carbonyl (C=O) groups excluding carboxylic acids is 2. The van der Waals surface area contributed by atoms with Crippen molar-refractivity contribution in [3.8, 4) is 5.69 Å². The summed E-state index contributed by atoms with van der Waals surface area (Å²) in [5, 5.41) is 4.15. The van der Waals surface area contributed by atoms with Crippen LogP contribution in [0.3, 0.4) is 0 Å². The highest BCUT2D eigenvalue weighted by atomic mass is 16.5. The van der Waals surface area contributed by atoms with Crippen LogP contribution in [0, 0.1) is 6.92 Å². The van der Waals surface area contributed by atoms with Crippen LogP contribution in [0.2, 0.25) is 0 Å². The molecule has 0 spiro atoms. The first-order valence-electron chi connectivity index (χ1n) is 8.55. The summed E-state index contributed by atoms with van der Waals surface area (Å²) >= 11 is 0. The van der Waals surface area contributed by atoms with Crippen LogP contribution in [-0.2, 0) is 9.47 Å². The van der Waals surface area contributed by atoms with Gasteiger partial charge in [-0.15, -0.1) is 5.10 Å². The highest BCUT2D eigenvalue weighted by molar-refractivity contribution is 5.93. The van der Waals surface area contributed by atoms with Crippen LogP contribution >= 0.6 is 0 Å². The van der Waals surface area contributed by atoms with E-state index in [9.17, 15) is 9.59 Å². The highest BCUT2D eigenvalue weighted by Crippen LogP contribution is 2.23. The zero-order chi connectivity index (χ0) is 20.1. The Labute approximate surface area is 162 Å². The lowest BCUT2D eigenvalue weighted by Gasteiger charge is -2.16. The number of hydrogen-bond donors (Lipinski definition) is 0. The fourth-order valence-electron chi connectivity index (χ4n) is 2.70. The molecule has 1 aromatic heterocycles. The van der Waals surface area contributed by atoms with Crippen molar-refractivity contribution in [3.63, 3.8) is 0 Å². The molecule has 0 saturated carbocycles. The summed E-state index contributed by atoms with van der Waals surface area (Å²) in [6, 6.07) is 16.1. The molecular formula is C21H19N3O4. The fourth-order valence-corrected chi connectivity index (χ4v) is 2.70. The van der Waals surface area contributed by atoms with Gasteiger partial charge in [0.05, 0.1) is 18.4 Å². The summed E-state index contributed by atoms with van der Waals surface area (Å²) < 4.78 is 11.7. The van der Waals surface area contributed by atoms with E-state index in [0.29, 0.717) is 11.5 Å². The van der Waals surface area contributed by atoms with Crippen LogP contribution in [-0.4, -0.2) is 33.8 Å². The number of aromatic nitrogens is 3. The smallest absolute Gasteiger partial charge is 0.377 e. The molecule has 0 bridgehead atoms. The van der Waals surface area contributed by atoms with E-state index in [4.69, 9.17) is 4.74 Å². The van der Waals surface area contributed by atoms with Crippen LogP contribution in [0.15, 0.2) is 67.3 Å². The van der Waals surface area contributed by atoms with E-state index in [2.05, 4.69) is 21.4 Å². The van der Waals surface area contributed by atoms with E-state index < -0.39 is 18.0 Å². The quantitative estimate of drug-likeness (QED) is 0.483. The van der Waals surface area contributed by atoms with E-state index in [1.54, 1.807) is 37.3 Å². The molecule has 7 heteroatoms. The third-order valence-corrected chi connectivity index (χ3v) is 4.07. The maximum Gasteiger partial charge on any atom is 0.377 e. The lowest BCUT2D eigenvalue weighted by atomic mass is 10.1. The molecule has 28 heavy (non-hydrogen) atoms. The molecule has 0 amide bonds. The van der Waals surface area contributed by atoms with E-state index in [-0.39, 0.29) is 11.4 Å². The molecule has 0 N–H and O–H groups in total. The molecule has 3 rings (SSSR count). The van der Waals surface area contributed by atoms with Crippen molar-refractivity contribution in [2.24, 2.45) is 0 Å². The summed E-state index contributed by atoms with van der Waals surface area (Å²) in [7, 11) is 1.25. The normalized spacial score (nSPS) is 11.5. The first kappa shape index (κ1) is 19.0. The van der Waals surface area contributed by atoms with Crippen LogP contribution in [0.1, 0.15) is 38.5 Å². The maximum atomic E-state index is 12.9. The Balaban J connectivity index is 1.94. The Hall–Kier alpha value is -3.74. The lowest BCUT2D eigenvalue weighted by Crippen LogP contribution is -2.14. The van der Waals surface area contributed by atoms with Gasteiger partial charge in [0.1, 0.15) is 11.9 Å². The summed E-state index contributed by atoms with van der Waals surface area (Å²) in [5.74, 6) is -0.850. The number of para-hydroxylation sites is 1. The van der Waals surface area contributed by atoms with Gasteiger partial charge in [0.25, 0.3) is 5.82 Å². The zero-order valence-corrected chi connectivity index (χ0v) is 15.5. The molecule has 1 unspecified atom stereocenters. The minimum absolute atomic E-state index is 0.0866. The monoisotopic (exact) mass is 377 g/mol. The summed E-state index contributed by atoms with van der Waals surface area (Å²) in [4.78, 5) is 28.7. The summed E-state index contributed by atoms with van der Waals surface area (Å²) in [6.45, 7) is 5.43. The second kappa shape index (κ2) is 8.30. The predicted molar refractivity (Wildman–Crippen MR) is 102 cm³/mol. The van der Waals surface area contributed by atoms with Crippen molar-refractivity contribution < 1.29 is 19.1 Å². The molecule has 2 aromatic carbocycles. The molecule has 7 nitrogen and oxygen atoms in total. The van der Waals surface area contributed by atoms with Gasteiger partial charge in [-0.05, 0) is 30.7 Å². The van der Waals surface area contributed by atoms with E-state index in [0.717, 1.165) is 5.56 Å². The van der Waals surface area contributed by atoms with Crippen LogP contribution in [0.5, 0.6) is 0 Å². The van der Waals surface area contributed by atoms with Crippen molar-refractivity contribution in [1.29, 1.82) is 0 Å². The van der Waals surface area contributed by atoms with Gasteiger partial charge in [-0.3, -0.25) is 0 Å². The second-order valence-electron chi connectivity index (χ2n) is 5.88. The minimum atomic E-state index is -0.655. The Morgan fingerprint density at radius 3 is 2.43 bits per heavy atom. The van der Waals surface area contributed by atoms with Gasteiger partial charge in [-0.1, -0.05) is 49.0 Å².